The molecule has 0 fully saturated rings. The number of primary sulfonamides is 1. The van der Waals surface area contributed by atoms with Crippen LogP contribution in [-0.2, 0) is 10.0 Å². The summed E-state index contributed by atoms with van der Waals surface area (Å²) >= 11 is 4.69. The van der Waals surface area contributed by atoms with Crippen molar-refractivity contribution >= 4 is 37.7 Å². The average Bonchev–Trinajstić information content (AvgIpc) is 2.18. The zero-order valence-electron chi connectivity index (χ0n) is 8.18. The van der Waals surface area contributed by atoms with Gasteiger partial charge in [-0.05, 0) is 34.1 Å². The second-order valence-electron chi connectivity index (χ2n) is 2.97. The van der Waals surface area contributed by atoms with Crippen molar-refractivity contribution in [1.82, 2.24) is 0 Å². The van der Waals surface area contributed by atoms with Crippen LogP contribution in [0.25, 0.3) is 0 Å². The van der Waals surface area contributed by atoms with E-state index in [0.29, 0.717) is 11.3 Å². The van der Waals surface area contributed by atoms with Crippen LogP contribution in [0, 0.1) is 11.3 Å². The number of thioether (sulfide) groups is 1. The van der Waals surface area contributed by atoms with E-state index < -0.39 is 10.0 Å². The molecule has 86 valence electrons. The number of nitrogens with two attached hydrogens (primary N) is 1. The van der Waals surface area contributed by atoms with Crippen LogP contribution in [0.15, 0.2) is 27.6 Å². The summed E-state index contributed by atoms with van der Waals surface area (Å²) in [5, 5.41) is 13.5. The van der Waals surface area contributed by atoms with E-state index in [0.717, 1.165) is 9.37 Å². The van der Waals surface area contributed by atoms with Crippen molar-refractivity contribution in [3.8, 4) is 6.07 Å². The maximum absolute atomic E-state index is 10.7. The van der Waals surface area contributed by atoms with Gasteiger partial charge in [-0.3, -0.25) is 0 Å². The SMILES string of the molecule is N#Cc1ccc(SCCS(N)(=O)=O)c(Br)c1. The molecule has 0 atom stereocenters. The van der Waals surface area contributed by atoms with Gasteiger partial charge in [-0.25, -0.2) is 13.6 Å². The maximum Gasteiger partial charge on any atom is 0.209 e. The van der Waals surface area contributed by atoms with Gasteiger partial charge in [0.25, 0.3) is 0 Å². The molecule has 1 aromatic rings. The topological polar surface area (TPSA) is 83.9 Å². The third-order valence-corrected chi connectivity index (χ3v) is 4.71. The predicted molar refractivity (Wildman–Crippen MR) is 67.6 cm³/mol. The standard InChI is InChI=1S/C9H9BrN2O2S2/c10-8-5-7(6-11)1-2-9(8)15-3-4-16(12,13)14/h1-2,5H,3-4H2,(H2,12,13,14). The predicted octanol–water partition coefficient (Wildman–Crippen LogP) is 1.70. The smallest absolute Gasteiger partial charge is 0.209 e. The molecule has 7 heteroatoms. The highest BCUT2D eigenvalue weighted by molar-refractivity contribution is 9.10. The summed E-state index contributed by atoms with van der Waals surface area (Å²) in [4.78, 5) is 0.891. The highest BCUT2D eigenvalue weighted by Crippen LogP contribution is 2.28. The van der Waals surface area contributed by atoms with Gasteiger partial charge in [0.1, 0.15) is 0 Å². The Morgan fingerprint density at radius 3 is 2.69 bits per heavy atom. The summed E-state index contributed by atoms with van der Waals surface area (Å²) in [6.07, 6.45) is 0. The van der Waals surface area contributed by atoms with Crippen LogP contribution < -0.4 is 5.14 Å². The summed E-state index contributed by atoms with van der Waals surface area (Å²) in [6, 6.07) is 7.17. The molecule has 0 spiro atoms. The van der Waals surface area contributed by atoms with Crippen LogP contribution in [0.2, 0.25) is 0 Å². The number of hydrogen-bond donors (Lipinski definition) is 1. The third-order valence-electron chi connectivity index (χ3n) is 1.69. The van der Waals surface area contributed by atoms with Gasteiger partial charge in [0, 0.05) is 15.1 Å². The van der Waals surface area contributed by atoms with Crippen LogP contribution in [0.1, 0.15) is 5.56 Å². The number of nitrogens with zero attached hydrogens (tertiary/aromatic N) is 1. The Bertz CT molecular complexity index is 523. The Labute approximate surface area is 107 Å². The second kappa shape index (κ2) is 5.68. The van der Waals surface area contributed by atoms with Crippen molar-refractivity contribution in [2.45, 2.75) is 4.90 Å². The van der Waals surface area contributed by atoms with Crippen LogP contribution in [0.4, 0.5) is 0 Å². The fourth-order valence-corrected chi connectivity index (χ4v) is 3.52. The molecule has 0 bridgehead atoms. The van der Waals surface area contributed by atoms with Crippen LogP contribution in [-0.4, -0.2) is 19.9 Å². The third kappa shape index (κ3) is 4.53. The normalized spacial score (nSPS) is 11.1. The molecular formula is C9H9BrN2O2S2. The summed E-state index contributed by atoms with van der Waals surface area (Å²) in [7, 11) is -3.41. The molecule has 0 saturated carbocycles. The van der Waals surface area contributed by atoms with E-state index in [1.54, 1.807) is 18.2 Å². The zero-order chi connectivity index (χ0) is 12.2. The lowest BCUT2D eigenvalue weighted by Gasteiger charge is -2.03. The maximum atomic E-state index is 10.7. The lowest BCUT2D eigenvalue weighted by Crippen LogP contribution is -2.17. The van der Waals surface area contributed by atoms with E-state index in [1.165, 1.54) is 11.8 Å². The number of halogens is 1. The van der Waals surface area contributed by atoms with Gasteiger partial charge in [-0.1, -0.05) is 0 Å². The van der Waals surface area contributed by atoms with Crippen molar-refractivity contribution in [1.29, 1.82) is 5.26 Å². The summed E-state index contributed by atoms with van der Waals surface area (Å²) in [5.74, 6) is 0.327. The molecule has 0 saturated heterocycles. The summed E-state index contributed by atoms with van der Waals surface area (Å²) in [6.45, 7) is 0. The summed E-state index contributed by atoms with van der Waals surface area (Å²) in [5.41, 5.74) is 0.558. The van der Waals surface area contributed by atoms with Crippen molar-refractivity contribution in [3.05, 3.63) is 28.2 Å². The van der Waals surface area contributed by atoms with Gasteiger partial charge in [0.15, 0.2) is 0 Å². The quantitative estimate of drug-likeness (QED) is 0.856. The first-order chi connectivity index (χ1) is 7.42. The Balaban J connectivity index is 2.66. The van der Waals surface area contributed by atoms with Crippen molar-refractivity contribution in [3.63, 3.8) is 0 Å². The number of nitriles is 1. The first-order valence-corrected chi connectivity index (χ1v) is 7.75. The largest absolute Gasteiger partial charge is 0.229 e. The number of benzene rings is 1. The highest BCUT2D eigenvalue weighted by Gasteiger charge is 2.06. The van der Waals surface area contributed by atoms with Crippen molar-refractivity contribution < 1.29 is 8.42 Å². The molecule has 0 amide bonds. The number of hydrogen-bond acceptors (Lipinski definition) is 4. The number of rotatable bonds is 4. The Kier molecular flexibility index (Phi) is 4.80. The van der Waals surface area contributed by atoms with Gasteiger partial charge in [-0.15, -0.1) is 11.8 Å². The van der Waals surface area contributed by atoms with E-state index in [2.05, 4.69) is 15.9 Å². The Morgan fingerprint density at radius 1 is 1.50 bits per heavy atom. The van der Waals surface area contributed by atoms with Crippen molar-refractivity contribution in [2.24, 2.45) is 5.14 Å². The lowest BCUT2D eigenvalue weighted by atomic mass is 10.2. The molecule has 0 aliphatic heterocycles. The molecule has 2 N–H and O–H groups in total. The monoisotopic (exact) mass is 320 g/mol. The molecule has 0 aliphatic rings. The van der Waals surface area contributed by atoms with Crippen molar-refractivity contribution in [2.75, 3.05) is 11.5 Å². The molecule has 0 radical (unpaired) electrons. The van der Waals surface area contributed by atoms with E-state index in [1.807, 2.05) is 6.07 Å². The molecule has 0 aromatic heterocycles. The highest BCUT2D eigenvalue weighted by atomic mass is 79.9. The molecular weight excluding hydrogens is 312 g/mol. The van der Waals surface area contributed by atoms with Crippen LogP contribution >= 0.6 is 27.7 Å². The molecule has 1 rings (SSSR count). The first kappa shape index (κ1) is 13.5. The van der Waals surface area contributed by atoms with Gasteiger partial charge in [0.2, 0.25) is 10.0 Å². The zero-order valence-corrected chi connectivity index (χ0v) is 11.4. The molecule has 16 heavy (non-hydrogen) atoms. The molecule has 4 nitrogen and oxygen atoms in total. The number of sulfonamides is 1. The lowest BCUT2D eigenvalue weighted by molar-refractivity contribution is 0.599. The molecule has 0 aliphatic carbocycles. The van der Waals surface area contributed by atoms with Gasteiger partial charge < -0.3 is 0 Å². The summed E-state index contributed by atoms with van der Waals surface area (Å²) < 4.78 is 22.2. The fourth-order valence-electron chi connectivity index (χ4n) is 0.955. The van der Waals surface area contributed by atoms with Crippen LogP contribution in [0.5, 0.6) is 0 Å². The molecule has 1 aromatic carbocycles. The van der Waals surface area contributed by atoms with E-state index in [4.69, 9.17) is 10.4 Å². The minimum Gasteiger partial charge on any atom is -0.229 e. The average molecular weight is 321 g/mol. The second-order valence-corrected chi connectivity index (χ2v) is 6.70. The first-order valence-electron chi connectivity index (χ1n) is 4.25. The van der Waals surface area contributed by atoms with Gasteiger partial charge in [0.05, 0.1) is 17.4 Å². The van der Waals surface area contributed by atoms with Gasteiger partial charge >= 0.3 is 0 Å². The Hall–Kier alpha value is -0.550. The van der Waals surface area contributed by atoms with E-state index in [-0.39, 0.29) is 5.75 Å². The minimum atomic E-state index is -3.41. The van der Waals surface area contributed by atoms with Crippen LogP contribution in [0.3, 0.4) is 0 Å². The molecule has 0 unspecified atom stereocenters. The van der Waals surface area contributed by atoms with E-state index >= 15 is 0 Å². The van der Waals surface area contributed by atoms with E-state index in [9.17, 15) is 8.42 Å². The Morgan fingerprint density at radius 2 is 2.19 bits per heavy atom. The molecule has 0 heterocycles. The minimum absolute atomic E-state index is 0.0654. The fraction of sp³-hybridized carbons (Fsp3) is 0.222. The van der Waals surface area contributed by atoms with Gasteiger partial charge in [-0.2, -0.15) is 5.26 Å².